The molecule has 0 fully saturated rings. The molecule has 0 saturated heterocycles. The van der Waals surface area contributed by atoms with Gasteiger partial charge >= 0.3 is 0 Å². The van der Waals surface area contributed by atoms with Crippen LogP contribution in [0.4, 0.5) is 0 Å². The topological polar surface area (TPSA) is 110 Å². The van der Waals surface area contributed by atoms with Gasteiger partial charge in [-0.2, -0.15) is 15.7 Å². The molecule has 0 radical (unpaired) electrons. The fourth-order valence-electron chi connectivity index (χ4n) is 3.42. The number of hydrogen-bond donors (Lipinski definition) is 2. The Balaban J connectivity index is 1.59. The van der Waals surface area contributed by atoms with E-state index in [0.717, 1.165) is 37.9 Å². The van der Waals surface area contributed by atoms with Crippen LogP contribution in [0, 0.1) is 12.3 Å². The summed E-state index contributed by atoms with van der Waals surface area (Å²) in [6, 6.07) is 13.6. The lowest BCUT2D eigenvalue weighted by molar-refractivity contribution is -0.135. The van der Waals surface area contributed by atoms with E-state index < -0.39 is 5.41 Å². The fraction of sp³-hybridized carbons (Fsp3) is 0.208. The van der Waals surface area contributed by atoms with Gasteiger partial charge in [0.15, 0.2) is 11.6 Å². The Bertz CT molecular complexity index is 1460. The number of pyridine rings is 1. The molecule has 1 aromatic carbocycles. The fourth-order valence-corrected chi connectivity index (χ4v) is 4.56. The first-order valence-corrected chi connectivity index (χ1v) is 11.5. The number of nitrogens with zero attached hydrogens (tertiary/aromatic N) is 5. The number of aromatic amines is 1. The van der Waals surface area contributed by atoms with Crippen molar-refractivity contribution < 1.29 is 9.63 Å². The number of carbonyl (C=O) groups excluding carboxylic acids is 1. The molecule has 172 valence electrons. The summed E-state index contributed by atoms with van der Waals surface area (Å²) in [4.78, 5) is 28.0. The molecular weight excluding hydrogens is 450 g/mol. The standard InChI is InChI=1S/C24H23N7O2S/c1-14-18(17-12-16(10-11-31(17)29-14)33-30-23(32)24(2,3)4)22-27-19(15-8-6-5-7-9-15)20(34-22)21-25-13-26-28-21/h5-13H,1-4H3,(H,30,32)(H,25,26,28). The zero-order valence-electron chi connectivity index (χ0n) is 19.2. The predicted molar refractivity (Wildman–Crippen MR) is 130 cm³/mol. The summed E-state index contributed by atoms with van der Waals surface area (Å²) < 4.78 is 1.78. The first-order chi connectivity index (χ1) is 16.3. The molecule has 0 unspecified atom stereocenters. The SMILES string of the molecule is Cc1nn2ccc(ONC(=O)C(C)(C)C)cc2c1-c1nc(-c2ccccc2)c(-c2ncn[nH]2)s1. The molecule has 10 heteroatoms. The van der Waals surface area contributed by atoms with Gasteiger partial charge in [0.2, 0.25) is 0 Å². The molecule has 4 aromatic heterocycles. The summed E-state index contributed by atoms with van der Waals surface area (Å²) in [6.07, 6.45) is 3.28. The van der Waals surface area contributed by atoms with E-state index in [1.807, 2.05) is 64.1 Å². The summed E-state index contributed by atoms with van der Waals surface area (Å²) in [5, 5.41) is 12.4. The third-order valence-electron chi connectivity index (χ3n) is 5.24. The van der Waals surface area contributed by atoms with E-state index in [1.165, 1.54) is 17.7 Å². The lowest BCUT2D eigenvalue weighted by atomic mass is 9.96. The minimum absolute atomic E-state index is 0.207. The summed E-state index contributed by atoms with van der Waals surface area (Å²) in [5.74, 6) is 0.952. The molecular formula is C24H23N7O2S. The van der Waals surface area contributed by atoms with Crippen molar-refractivity contribution in [1.82, 2.24) is 35.3 Å². The number of H-pyrrole nitrogens is 1. The molecule has 2 N–H and O–H groups in total. The highest BCUT2D eigenvalue weighted by molar-refractivity contribution is 7.19. The Morgan fingerprint density at radius 1 is 1.18 bits per heavy atom. The molecule has 5 aromatic rings. The van der Waals surface area contributed by atoms with Crippen LogP contribution in [-0.4, -0.2) is 35.7 Å². The molecule has 9 nitrogen and oxygen atoms in total. The number of hydroxylamine groups is 1. The summed E-state index contributed by atoms with van der Waals surface area (Å²) >= 11 is 1.52. The van der Waals surface area contributed by atoms with Crippen molar-refractivity contribution in [3.63, 3.8) is 0 Å². The number of nitrogens with one attached hydrogen (secondary N) is 2. The van der Waals surface area contributed by atoms with E-state index in [9.17, 15) is 4.79 Å². The van der Waals surface area contributed by atoms with Crippen LogP contribution in [0.5, 0.6) is 5.75 Å². The Morgan fingerprint density at radius 2 is 1.97 bits per heavy atom. The van der Waals surface area contributed by atoms with Crippen LogP contribution in [0.25, 0.3) is 38.0 Å². The molecule has 0 atom stereocenters. The number of hydrogen-bond acceptors (Lipinski definition) is 7. The number of aryl methyl sites for hydroxylation is 1. The number of benzene rings is 1. The molecule has 0 aliphatic carbocycles. The van der Waals surface area contributed by atoms with Gasteiger partial charge in [-0.05, 0) is 6.92 Å². The Hall–Kier alpha value is -4.05. The van der Waals surface area contributed by atoms with E-state index in [-0.39, 0.29) is 5.91 Å². The Morgan fingerprint density at radius 3 is 2.68 bits per heavy atom. The number of thiazole rings is 1. The van der Waals surface area contributed by atoms with E-state index in [1.54, 1.807) is 16.8 Å². The van der Waals surface area contributed by atoms with Gasteiger partial charge in [0.1, 0.15) is 11.3 Å². The maximum atomic E-state index is 12.2. The molecule has 0 bridgehead atoms. The number of rotatable bonds is 5. The highest BCUT2D eigenvalue weighted by Crippen LogP contribution is 2.41. The van der Waals surface area contributed by atoms with Gasteiger partial charge in [0.05, 0.1) is 27.3 Å². The monoisotopic (exact) mass is 473 g/mol. The second kappa shape index (κ2) is 8.38. The first-order valence-electron chi connectivity index (χ1n) is 10.7. The van der Waals surface area contributed by atoms with E-state index in [4.69, 9.17) is 9.82 Å². The summed E-state index contributed by atoms with van der Waals surface area (Å²) in [6.45, 7) is 7.42. The number of carbonyl (C=O) groups is 1. The second-order valence-corrected chi connectivity index (χ2v) is 9.83. The van der Waals surface area contributed by atoms with Crippen LogP contribution >= 0.6 is 11.3 Å². The zero-order valence-corrected chi connectivity index (χ0v) is 20.0. The van der Waals surface area contributed by atoms with Gasteiger partial charge in [0.25, 0.3) is 5.91 Å². The molecule has 1 amide bonds. The van der Waals surface area contributed by atoms with Gasteiger partial charge in [-0.3, -0.25) is 9.89 Å². The van der Waals surface area contributed by atoms with Crippen LogP contribution in [0.2, 0.25) is 0 Å². The maximum Gasteiger partial charge on any atom is 0.257 e. The largest absolute Gasteiger partial charge is 0.379 e. The Kier molecular flexibility index (Phi) is 5.37. The smallest absolute Gasteiger partial charge is 0.257 e. The number of amides is 1. The maximum absolute atomic E-state index is 12.2. The summed E-state index contributed by atoms with van der Waals surface area (Å²) in [7, 11) is 0. The first kappa shape index (κ1) is 21.8. The Labute approximate surface area is 199 Å². The highest BCUT2D eigenvalue weighted by Gasteiger charge is 2.23. The quantitative estimate of drug-likeness (QED) is 0.359. The van der Waals surface area contributed by atoms with Crippen molar-refractivity contribution in [1.29, 1.82) is 0 Å². The van der Waals surface area contributed by atoms with Crippen LogP contribution in [0.3, 0.4) is 0 Å². The van der Waals surface area contributed by atoms with Gasteiger partial charge in [0, 0.05) is 29.3 Å². The average Bonchev–Trinajstić information content (AvgIpc) is 3.55. The van der Waals surface area contributed by atoms with Crippen molar-refractivity contribution in [3.05, 3.63) is 60.7 Å². The molecule has 0 saturated carbocycles. The second-order valence-electron chi connectivity index (χ2n) is 8.83. The van der Waals surface area contributed by atoms with Crippen molar-refractivity contribution in [2.24, 2.45) is 5.41 Å². The summed E-state index contributed by atoms with van der Waals surface area (Å²) in [5.41, 5.74) is 6.30. The zero-order chi connectivity index (χ0) is 23.9. The highest BCUT2D eigenvalue weighted by atomic mass is 32.1. The van der Waals surface area contributed by atoms with E-state index in [0.29, 0.717) is 11.6 Å². The molecule has 0 aliphatic heterocycles. The van der Waals surface area contributed by atoms with Gasteiger partial charge in [-0.25, -0.2) is 14.5 Å². The van der Waals surface area contributed by atoms with Gasteiger partial charge < -0.3 is 4.84 Å². The van der Waals surface area contributed by atoms with E-state index >= 15 is 0 Å². The van der Waals surface area contributed by atoms with Crippen LogP contribution in [0.1, 0.15) is 26.5 Å². The molecule has 0 spiro atoms. The third-order valence-corrected chi connectivity index (χ3v) is 6.32. The molecule has 4 heterocycles. The van der Waals surface area contributed by atoms with E-state index in [2.05, 4.69) is 25.8 Å². The molecule has 5 rings (SSSR count). The third kappa shape index (κ3) is 4.03. The van der Waals surface area contributed by atoms with Crippen molar-refractivity contribution >= 4 is 22.8 Å². The van der Waals surface area contributed by atoms with Gasteiger partial charge in [-0.15, -0.1) is 11.3 Å². The molecule has 34 heavy (non-hydrogen) atoms. The minimum atomic E-state index is -0.561. The van der Waals surface area contributed by atoms with Crippen molar-refractivity contribution in [2.45, 2.75) is 27.7 Å². The average molecular weight is 474 g/mol. The van der Waals surface area contributed by atoms with Crippen LogP contribution < -0.4 is 10.3 Å². The van der Waals surface area contributed by atoms with Crippen LogP contribution in [0.15, 0.2) is 55.0 Å². The molecule has 0 aliphatic rings. The lowest BCUT2D eigenvalue weighted by Gasteiger charge is -2.17. The van der Waals surface area contributed by atoms with Gasteiger partial charge in [-0.1, -0.05) is 51.1 Å². The lowest BCUT2D eigenvalue weighted by Crippen LogP contribution is -2.36. The number of aromatic nitrogens is 6. The normalized spacial score (nSPS) is 11.6. The van der Waals surface area contributed by atoms with Crippen molar-refractivity contribution in [3.8, 4) is 38.3 Å². The van der Waals surface area contributed by atoms with Crippen molar-refractivity contribution in [2.75, 3.05) is 0 Å². The van der Waals surface area contributed by atoms with Crippen LogP contribution in [-0.2, 0) is 4.79 Å². The number of fused-ring (bicyclic) bond motifs is 1. The minimum Gasteiger partial charge on any atom is -0.379 e. The predicted octanol–water partition coefficient (Wildman–Crippen LogP) is 4.67.